The van der Waals surface area contributed by atoms with Gasteiger partial charge < -0.3 is 9.84 Å². The van der Waals surface area contributed by atoms with Crippen molar-refractivity contribution in [1.82, 2.24) is 0 Å². The molecule has 0 radical (unpaired) electrons. The number of hydrogen-bond acceptors (Lipinski definition) is 2. The van der Waals surface area contributed by atoms with Crippen molar-refractivity contribution in [1.29, 1.82) is 0 Å². The van der Waals surface area contributed by atoms with Gasteiger partial charge in [0, 0.05) is 17.0 Å². The number of aliphatic hydroxyl groups is 1. The van der Waals surface area contributed by atoms with E-state index in [1.54, 1.807) is 6.07 Å². The molecule has 1 N–H and O–H groups in total. The largest absolute Gasteiger partial charge is 0.493 e. The van der Waals surface area contributed by atoms with Gasteiger partial charge in [-0.2, -0.15) is 0 Å². The molecule has 2 atom stereocenters. The number of alkyl halides is 1. The van der Waals surface area contributed by atoms with Gasteiger partial charge in [0.05, 0.1) is 17.5 Å². The second-order valence-corrected chi connectivity index (χ2v) is 4.71. The third-order valence-electron chi connectivity index (χ3n) is 2.28. The third kappa shape index (κ3) is 1.90. The van der Waals surface area contributed by atoms with E-state index < -0.39 is 6.10 Å². The smallest absolute Gasteiger partial charge is 0.123 e. The van der Waals surface area contributed by atoms with Crippen molar-refractivity contribution in [2.24, 2.45) is 0 Å². The molecule has 76 valence electrons. The summed E-state index contributed by atoms with van der Waals surface area (Å²) in [4.78, 5) is -0.0984. The van der Waals surface area contributed by atoms with Gasteiger partial charge in [0.2, 0.25) is 0 Å². The molecule has 0 spiro atoms. The molecule has 0 aromatic heterocycles. The fourth-order valence-electron chi connectivity index (χ4n) is 1.51. The Hall–Kier alpha value is -0.250. The summed E-state index contributed by atoms with van der Waals surface area (Å²) in [6, 6.07) is 5.45. The van der Waals surface area contributed by atoms with Crippen LogP contribution in [-0.2, 0) is 0 Å². The highest BCUT2D eigenvalue weighted by atomic mass is 79.9. The van der Waals surface area contributed by atoms with Gasteiger partial charge in [0.25, 0.3) is 0 Å². The first-order valence-electron chi connectivity index (χ1n) is 4.43. The van der Waals surface area contributed by atoms with Crippen LogP contribution in [0.2, 0.25) is 5.02 Å². The zero-order valence-corrected chi connectivity index (χ0v) is 9.75. The van der Waals surface area contributed by atoms with Gasteiger partial charge in [-0.15, -0.1) is 0 Å². The Balaban J connectivity index is 2.44. The zero-order chi connectivity index (χ0) is 10.1. The summed E-state index contributed by atoms with van der Waals surface area (Å²) in [5.74, 6) is 0.799. The van der Waals surface area contributed by atoms with Gasteiger partial charge in [-0.1, -0.05) is 27.5 Å². The molecular formula is C10H10BrClO2. The summed E-state index contributed by atoms with van der Waals surface area (Å²) in [7, 11) is 0. The van der Waals surface area contributed by atoms with Crippen molar-refractivity contribution >= 4 is 27.5 Å². The number of halogens is 2. The fourth-order valence-corrected chi connectivity index (χ4v) is 2.31. The molecule has 1 aromatic rings. The Kier molecular flexibility index (Phi) is 3.00. The summed E-state index contributed by atoms with van der Waals surface area (Å²) in [6.45, 7) is 0.540. The quantitative estimate of drug-likeness (QED) is 0.739. The van der Waals surface area contributed by atoms with Crippen LogP contribution in [-0.4, -0.2) is 17.8 Å². The Labute approximate surface area is 96.0 Å². The molecule has 1 heterocycles. The van der Waals surface area contributed by atoms with E-state index in [1.165, 1.54) is 0 Å². The van der Waals surface area contributed by atoms with Crippen LogP contribution in [0.3, 0.4) is 0 Å². The molecule has 4 heteroatoms. The number of aliphatic hydroxyl groups excluding tert-OH is 1. The number of rotatable bonds is 0. The Bertz CT molecular complexity index is 343. The highest BCUT2D eigenvalue weighted by Gasteiger charge is 2.24. The Morgan fingerprint density at radius 1 is 1.50 bits per heavy atom. The molecule has 1 aliphatic rings. The van der Waals surface area contributed by atoms with Crippen LogP contribution in [0.1, 0.15) is 16.8 Å². The Morgan fingerprint density at radius 3 is 3.07 bits per heavy atom. The van der Waals surface area contributed by atoms with Gasteiger partial charge in [0.1, 0.15) is 5.75 Å². The van der Waals surface area contributed by atoms with Crippen molar-refractivity contribution < 1.29 is 9.84 Å². The summed E-state index contributed by atoms with van der Waals surface area (Å²) in [5, 5.41) is 10.4. The molecule has 14 heavy (non-hydrogen) atoms. The van der Waals surface area contributed by atoms with E-state index in [4.69, 9.17) is 16.3 Å². The second-order valence-electron chi connectivity index (χ2n) is 3.29. The molecule has 0 aliphatic carbocycles. The van der Waals surface area contributed by atoms with Crippen molar-refractivity contribution in [2.75, 3.05) is 6.61 Å². The normalized spacial score (nSPS) is 26.2. The van der Waals surface area contributed by atoms with Gasteiger partial charge in [-0.05, 0) is 18.2 Å². The van der Waals surface area contributed by atoms with Crippen molar-refractivity contribution in [3.8, 4) is 5.75 Å². The van der Waals surface area contributed by atoms with Crippen LogP contribution in [0.25, 0.3) is 0 Å². The number of ether oxygens (including phenoxy) is 1. The van der Waals surface area contributed by atoms with Crippen LogP contribution < -0.4 is 4.74 Å². The van der Waals surface area contributed by atoms with Crippen LogP contribution in [0, 0.1) is 0 Å². The first-order chi connectivity index (χ1) is 6.68. The lowest BCUT2D eigenvalue weighted by Crippen LogP contribution is -2.13. The molecule has 0 fully saturated rings. The van der Waals surface area contributed by atoms with Crippen LogP contribution >= 0.6 is 27.5 Å². The van der Waals surface area contributed by atoms with E-state index in [1.807, 2.05) is 12.1 Å². The van der Waals surface area contributed by atoms with Crippen LogP contribution in [0.4, 0.5) is 0 Å². The average Bonchev–Trinajstić information content (AvgIpc) is 2.30. The van der Waals surface area contributed by atoms with Crippen molar-refractivity contribution in [3.63, 3.8) is 0 Å². The molecule has 1 aromatic carbocycles. The number of fused-ring (bicyclic) bond motifs is 1. The third-order valence-corrected chi connectivity index (χ3v) is 3.62. The number of hydrogen-bond donors (Lipinski definition) is 1. The summed E-state index contributed by atoms with van der Waals surface area (Å²) in [5.41, 5.74) is 0.919. The molecule has 2 rings (SSSR count). The summed E-state index contributed by atoms with van der Waals surface area (Å²) in [6.07, 6.45) is 0.206. The molecule has 0 amide bonds. The predicted octanol–water partition coefficient (Wildman–Crippen LogP) is 2.92. The lowest BCUT2D eigenvalue weighted by atomic mass is 10.1. The molecule has 2 nitrogen and oxygen atoms in total. The molecule has 0 saturated carbocycles. The molecule has 0 saturated heterocycles. The number of benzene rings is 1. The topological polar surface area (TPSA) is 29.5 Å². The monoisotopic (exact) mass is 276 g/mol. The van der Waals surface area contributed by atoms with Crippen LogP contribution in [0.15, 0.2) is 18.2 Å². The maximum Gasteiger partial charge on any atom is 0.123 e. The minimum Gasteiger partial charge on any atom is -0.493 e. The van der Waals surface area contributed by atoms with Gasteiger partial charge >= 0.3 is 0 Å². The van der Waals surface area contributed by atoms with E-state index in [0.29, 0.717) is 18.1 Å². The standard InChI is InChI=1S/C10H10BrClO2/c11-10-7-5-6(12)1-2-9(7)14-4-3-8(10)13/h1-2,5,8,10,13H,3-4H2/t8-,10-/m1/s1. The van der Waals surface area contributed by atoms with Gasteiger partial charge in [0.15, 0.2) is 0 Å². The maximum atomic E-state index is 9.73. The predicted molar refractivity (Wildman–Crippen MR) is 59.2 cm³/mol. The average molecular weight is 278 g/mol. The van der Waals surface area contributed by atoms with E-state index in [-0.39, 0.29) is 4.83 Å². The van der Waals surface area contributed by atoms with Crippen molar-refractivity contribution in [2.45, 2.75) is 17.4 Å². The second kappa shape index (κ2) is 4.09. The summed E-state index contributed by atoms with van der Waals surface area (Å²) >= 11 is 9.33. The Morgan fingerprint density at radius 2 is 2.29 bits per heavy atom. The van der Waals surface area contributed by atoms with Gasteiger partial charge in [-0.3, -0.25) is 0 Å². The maximum absolute atomic E-state index is 9.73. The van der Waals surface area contributed by atoms with E-state index in [2.05, 4.69) is 15.9 Å². The van der Waals surface area contributed by atoms with E-state index in [0.717, 1.165) is 11.3 Å². The first kappa shape index (κ1) is 10.3. The minimum atomic E-state index is -0.422. The van der Waals surface area contributed by atoms with Crippen LogP contribution in [0.5, 0.6) is 5.75 Å². The minimum absolute atomic E-state index is 0.0984. The van der Waals surface area contributed by atoms with Crippen molar-refractivity contribution in [3.05, 3.63) is 28.8 Å². The highest BCUT2D eigenvalue weighted by Crippen LogP contribution is 2.38. The highest BCUT2D eigenvalue weighted by molar-refractivity contribution is 9.09. The zero-order valence-electron chi connectivity index (χ0n) is 7.41. The molecular weight excluding hydrogens is 267 g/mol. The SMILES string of the molecule is O[C@@H]1CCOc2ccc(Cl)cc2[C@H]1Br. The van der Waals surface area contributed by atoms with Gasteiger partial charge in [-0.25, -0.2) is 0 Å². The molecule has 0 unspecified atom stereocenters. The lowest BCUT2D eigenvalue weighted by molar-refractivity contribution is 0.149. The first-order valence-corrected chi connectivity index (χ1v) is 5.72. The molecule has 1 aliphatic heterocycles. The van der Waals surface area contributed by atoms with E-state index in [9.17, 15) is 5.11 Å². The lowest BCUT2D eigenvalue weighted by Gasteiger charge is -2.14. The summed E-state index contributed by atoms with van der Waals surface area (Å²) < 4.78 is 5.50. The molecule has 0 bridgehead atoms. The van der Waals surface area contributed by atoms with E-state index >= 15 is 0 Å². The fraction of sp³-hybridized carbons (Fsp3) is 0.400.